The van der Waals surface area contributed by atoms with Gasteiger partial charge in [0.05, 0.1) is 13.4 Å². The van der Waals surface area contributed by atoms with E-state index in [9.17, 15) is 0 Å². The predicted octanol–water partition coefficient (Wildman–Crippen LogP) is 2.67. The summed E-state index contributed by atoms with van der Waals surface area (Å²) in [5.74, 6) is 1.51. The number of ether oxygens (including phenoxy) is 1. The van der Waals surface area contributed by atoms with Gasteiger partial charge in [0.25, 0.3) is 0 Å². The van der Waals surface area contributed by atoms with Gasteiger partial charge in [-0.3, -0.25) is 0 Å². The van der Waals surface area contributed by atoms with Gasteiger partial charge < -0.3 is 14.5 Å². The summed E-state index contributed by atoms with van der Waals surface area (Å²) >= 11 is 0. The normalized spacial score (nSPS) is 12.3. The van der Waals surface area contributed by atoms with Gasteiger partial charge in [-0.15, -0.1) is 0 Å². The first-order chi connectivity index (χ1) is 9.72. The Bertz CT molecular complexity index is 539. The molecule has 2 rings (SSSR count). The summed E-state index contributed by atoms with van der Waals surface area (Å²) in [6.45, 7) is 5.06. The molecule has 0 spiro atoms. The lowest BCUT2D eigenvalue weighted by Gasteiger charge is -2.16. The fraction of sp³-hybridized carbons (Fsp3) is 0.467. The van der Waals surface area contributed by atoms with Crippen molar-refractivity contribution in [3.63, 3.8) is 0 Å². The Morgan fingerprint density at radius 3 is 2.85 bits per heavy atom. The van der Waals surface area contributed by atoms with Crippen molar-refractivity contribution in [3.8, 4) is 5.88 Å². The molecule has 1 atom stereocenters. The van der Waals surface area contributed by atoms with Gasteiger partial charge in [0.2, 0.25) is 5.88 Å². The first-order valence-electron chi connectivity index (χ1n) is 6.86. The van der Waals surface area contributed by atoms with Crippen LogP contribution in [0.4, 0.5) is 0 Å². The number of hydrogen-bond acceptors (Lipinski definition) is 5. The molecule has 0 amide bonds. The third-order valence-corrected chi connectivity index (χ3v) is 3.11. The van der Waals surface area contributed by atoms with Crippen molar-refractivity contribution in [2.45, 2.75) is 32.7 Å². The van der Waals surface area contributed by atoms with Gasteiger partial charge in [-0.25, -0.2) is 9.97 Å². The van der Waals surface area contributed by atoms with Crippen LogP contribution in [-0.2, 0) is 6.42 Å². The van der Waals surface area contributed by atoms with Crippen LogP contribution in [0, 0.1) is 6.92 Å². The number of methoxy groups -OCH3 is 1. The van der Waals surface area contributed by atoms with Crippen molar-refractivity contribution < 1.29 is 9.15 Å². The lowest BCUT2D eigenvalue weighted by molar-refractivity contribution is 0.395. The molecule has 2 aromatic rings. The summed E-state index contributed by atoms with van der Waals surface area (Å²) in [6, 6.07) is 4.12. The fourth-order valence-electron chi connectivity index (χ4n) is 2.08. The van der Waals surface area contributed by atoms with Gasteiger partial charge in [-0.05, 0) is 26.0 Å². The maximum absolute atomic E-state index is 5.41. The zero-order chi connectivity index (χ0) is 14.4. The molecule has 0 aliphatic carbocycles. The molecule has 2 aromatic heterocycles. The first-order valence-corrected chi connectivity index (χ1v) is 6.86. The SMILES string of the molecule is CCCNC(Cc1cc(OC)ncn1)c1coc(C)c1. The van der Waals surface area contributed by atoms with Crippen LogP contribution >= 0.6 is 0 Å². The number of rotatable bonds is 7. The Labute approximate surface area is 119 Å². The molecule has 0 saturated carbocycles. The van der Waals surface area contributed by atoms with Gasteiger partial charge in [0.15, 0.2) is 0 Å². The quantitative estimate of drug-likeness (QED) is 0.841. The fourth-order valence-corrected chi connectivity index (χ4v) is 2.08. The highest BCUT2D eigenvalue weighted by molar-refractivity contribution is 5.21. The Kier molecular flexibility index (Phi) is 5.12. The molecule has 0 saturated heterocycles. The zero-order valence-electron chi connectivity index (χ0n) is 12.2. The van der Waals surface area contributed by atoms with Crippen molar-refractivity contribution in [1.82, 2.24) is 15.3 Å². The molecule has 5 nitrogen and oxygen atoms in total. The minimum absolute atomic E-state index is 0.187. The number of hydrogen-bond donors (Lipinski definition) is 1. The average molecular weight is 275 g/mol. The summed E-state index contributed by atoms with van der Waals surface area (Å²) < 4.78 is 10.5. The molecule has 5 heteroatoms. The molecule has 2 heterocycles. The first kappa shape index (κ1) is 14.5. The lowest BCUT2D eigenvalue weighted by atomic mass is 10.0. The molecule has 0 bridgehead atoms. The van der Waals surface area contributed by atoms with Crippen LogP contribution in [0.2, 0.25) is 0 Å². The van der Waals surface area contributed by atoms with Gasteiger partial charge in [0, 0.05) is 29.8 Å². The summed E-state index contributed by atoms with van der Waals surface area (Å²) in [5, 5.41) is 3.52. The van der Waals surface area contributed by atoms with E-state index in [4.69, 9.17) is 9.15 Å². The van der Waals surface area contributed by atoms with Crippen LogP contribution in [0.1, 0.15) is 36.4 Å². The monoisotopic (exact) mass is 275 g/mol. The molecule has 0 aliphatic rings. The standard InChI is InChI=1S/C15H21N3O2/c1-4-5-16-14(12-6-11(2)20-9-12)7-13-8-15(19-3)18-10-17-13/h6,8-10,14,16H,4-5,7H2,1-3H3. The molecule has 1 unspecified atom stereocenters. The average Bonchev–Trinajstić information content (AvgIpc) is 2.90. The number of nitrogens with zero attached hydrogens (tertiary/aromatic N) is 2. The lowest BCUT2D eigenvalue weighted by Crippen LogP contribution is -2.24. The van der Waals surface area contributed by atoms with E-state index in [-0.39, 0.29) is 6.04 Å². The number of aromatic nitrogens is 2. The van der Waals surface area contributed by atoms with Crippen molar-refractivity contribution in [1.29, 1.82) is 0 Å². The summed E-state index contributed by atoms with van der Waals surface area (Å²) in [6.07, 6.45) is 5.20. The zero-order valence-corrected chi connectivity index (χ0v) is 12.2. The minimum atomic E-state index is 0.187. The molecule has 0 aromatic carbocycles. The smallest absolute Gasteiger partial charge is 0.216 e. The number of nitrogens with one attached hydrogen (secondary N) is 1. The largest absolute Gasteiger partial charge is 0.481 e. The number of furan rings is 1. The highest BCUT2D eigenvalue weighted by atomic mass is 16.5. The highest BCUT2D eigenvalue weighted by Crippen LogP contribution is 2.21. The Morgan fingerprint density at radius 1 is 1.35 bits per heavy atom. The Balaban J connectivity index is 2.14. The maximum atomic E-state index is 5.41. The third kappa shape index (κ3) is 3.81. The topological polar surface area (TPSA) is 60.2 Å². The number of aryl methyl sites for hydroxylation is 1. The second-order valence-electron chi connectivity index (χ2n) is 4.75. The van der Waals surface area contributed by atoms with Crippen molar-refractivity contribution in [2.75, 3.05) is 13.7 Å². The third-order valence-electron chi connectivity index (χ3n) is 3.11. The van der Waals surface area contributed by atoms with Gasteiger partial charge in [-0.1, -0.05) is 6.92 Å². The van der Waals surface area contributed by atoms with Crippen LogP contribution < -0.4 is 10.1 Å². The minimum Gasteiger partial charge on any atom is -0.481 e. The molecule has 1 N–H and O–H groups in total. The van der Waals surface area contributed by atoms with E-state index in [0.29, 0.717) is 5.88 Å². The van der Waals surface area contributed by atoms with Crippen LogP contribution in [0.15, 0.2) is 29.1 Å². The van der Waals surface area contributed by atoms with Crippen LogP contribution in [0.5, 0.6) is 5.88 Å². The molecule has 20 heavy (non-hydrogen) atoms. The van der Waals surface area contributed by atoms with E-state index >= 15 is 0 Å². The van der Waals surface area contributed by atoms with Crippen LogP contribution in [0.25, 0.3) is 0 Å². The highest BCUT2D eigenvalue weighted by Gasteiger charge is 2.15. The molecule has 108 valence electrons. The van der Waals surface area contributed by atoms with Gasteiger partial charge in [-0.2, -0.15) is 0 Å². The van der Waals surface area contributed by atoms with E-state index in [0.717, 1.165) is 36.4 Å². The van der Waals surface area contributed by atoms with Crippen molar-refractivity contribution >= 4 is 0 Å². The summed E-state index contributed by atoms with van der Waals surface area (Å²) in [5.41, 5.74) is 2.10. The van der Waals surface area contributed by atoms with E-state index < -0.39 is 0 Å². The Hall–Kier alpha value is -1.88. The summed E-state index contributed by atoms with van der Waals surface area (Å²) in [7, 11) is 1.61. The second-order valence-corrected chi connectivity index (χ2v) is 4.75. The van der Waals surface area contributed by atoms with E-state index in [2.05, 4.69) is 28.3 Å². The van der Waals surface area contributed by atoms with E-state index in [1.54, 1.807) is 13.4 Å². The van der Waals surface area contributed by atoms with E-state index in [1.165, 1.54) is 6.33 Å². The molecular weight excluding hydrogens is 254 g/mol. The second kappa shape index (κ2) is 7.05. The predicted molar refractivity (Wildman–Crippen MR) is 76.8 cm³/mol. The molecule has 0 radical (unpaired) electrons. The van der Waals surface area contributed by atoms with Crippen LogP contribution in [0.3, 0.4) is 0 Å². The van der Waals surface area contributed by atoms with Crippen molar-refractivity contribution in [2.24, 2.45) is 0 Å². The van der Waals surface area contributed by atoms with Gasteiger partial charge >= 0.3 is 0 Å². The molecule has 0 aliphatic heterocycles. The van der Waals surface area contributed by atoms with Gasteiger partial charge in [0.1, 0.15) is 12.1 Å². The summed E-state index contributed by atoms with van der Waals surface area (Å²) in [4.78, 5) is 8.34. The maximum Gasteiger partial charge on any atom is 0.216 e. The molecular formula is C15H21N3O2. The van der Waals surface area contributed by atoms with E-state index in [1.807, 2.05) is 13.0 Å². The molecule has 0 fully saturated rings. The van der Waals surface area contributed by atoms with Crippen molar-refractivity contribution in [3.05, 3.63) is 41.7 Å². The van der Waals surface area contributed by atoms with Crippen LogP contribution in [-0.4, -0.2) is 23.6 Å². The Morgan fingerprint density at radius 2 is 2.20 bits per heavy atom.